The van der Waals surface area contributed by atoms with E-state index in [2.05, 4.69) is 25.9 Å². The molecule has 88 valence electrons. The van der Waals surface area contributed by atoms with Gasteiger partial charge in [-0.2, -0.15) is 0 Å². The first-order valence-electron chi connectivity index (χ1n) is 5.12. The van der Waals surface area contributed by atoms with Gasteiger partial charge in [-0.3, -0.25) is 0 Å². The summed E-state index contributed by atoms with van der Waals surface area (Å²) in [6.07, 6.45) is 1.31. The van der Waals surface area contributed by atoms with Crippen molar-refractivity contribution in [3.05, 3.63) is 41.0 Å². The average Bonchev–Trinajstić information content (AvgIpc) is 2.34. The maximum atomic E-state index is 13.9. The second kappa shape index (κ2) is 5.23. The summed E-state index contributed by atoms with van der Waals surface area (Å²) in [5.41, 5.74) is 0.853. The van der Waals surface area contributed by atoms with Gasteiger partial charge in [0.25, 0.3) is 0 Å². The van der Waals surface area contributed by atoms with E-state index in [9.17, 15) is 4.39 Å². The molecule has 1 aromatic carbocycles. The SMILES string of the molecule is CCOc1ccccc1-c1ncnc(Br)c1F. The van der Waals surface area contributed by atoms with Crippen LogP contribution in [0.2, 0.25) is 0 Å². The highest BCUT2D eigenvalue weighted by Gasteiger charge is 2.14. The first-order chi connectivity index (χ1) is 8.24. The lowest BCUT2D eigenvalue weighted by molar-refractivity contribution is 0.341. The molecule has 0 fully saturated rings. The molecule has 1 heterocycles. The van der Waals surface area contributed by atoms with Crippen LogP contribution in [0.25, 0.3) is 11.3 Å². The number of rotatable bonds is 3. The van der Waals surface area contributed by atoms with Gasteiger partial charge in [0.05, 0.1) is 6.61 Å². The van der Waals surface area contributed by atoms with Crippen LogP contribution in [0.15, 0.2) is 35.2 Å². The van der Waals surface area contributed by atoms with Crippen LogP contribution >= 0.6 is 15.9 Å². The van der Waals surface area contributed by atoms with Crippen molar-refractivity contribution in [3.63, 3.8) is 0 Å². The van der Waals surface area contributed by atoms with Gasteiger partial charge >= 0.3 is 0 Å². The molecule has 0 atom stereocenters. The molecular formula is C12H10BrFN2O. The fraction of sp³-hybridized carbons (Fsp3) is 0.167. The molecule has 0 saturated heterocycles. The molecule has 0 spiro atoms. The number of aromatic nitrogens is 2. The standard InChI is InChI=1S/C12H10BrFN2O/c1-2-17-9-6-4-3-5-8(9)11-10(14)12(13)16-7-15-11/h3-7H,2H2,1H3. The number of para-hydroxylation sites is 1. The van der Waals surface area contributed by atoms with Crippen LogP contribution in [-0.4, -0.2) is 16.6 Å². The minimum Gasteiger partial charge on any atom is -0.493 e. The van der Waals surface area contributed by atoms with Gasteiger partial charge in [0, 0.05) is 5.56 Å². The largest absolute Gasteiger partial charge is 0.493 e. The molecular weight excluding hydrogens is 287 g/mol. The molecule has 0 amide bonds. The smallest absolute Gasteiger partial charge is 0.182 e. The van der Waals surface area contributed by atoms with Gasteiger partial charge in [0.1, 0.15) is 22.4 Å². The minimum absolute atomic E-state index is 0.147. The second-order valence-corrected chi connectivity index (χ2v) is 4.01. The predicted molar refractivity (Wildman–Crippen MR) is 66.3 cm³/mol. The van der Waals surface area contributed by atoms with Gasteiger partial charge < -0.3 is 4.74 Å². The zero-order valence-electron chi connectivity index (χ0n) is 9.15. The van der Waals surface area contributed by atoms with E-state index in [0.717, 1.165) is 0 Å². The predicted octanol–water partition coefficient (Wildman–Crippen LogP) is 3.44. The Hall–Kier alpha value is -1.49. The Labute approximate surface area is 107 Å². The van der Waals surface area contributed by atoms with Gasteiger partial charge in [-0.25, -0.2) is 14.4 Å². The van der Waals surface area contributed by atoms with Crippen LogP contribution < -0.4 is 4.74 Å². The molecule has 1 aromatic heterocycles. The second-order valence-electron chi connectivity index (χ2n) is 3.26. The summed E-state index contributed by atoms with van der Waals surface area (Å²) in [5.74, 6) is 0.124. The molecule has 5 heteroatoms. The summed E-state index contributed by atoms with van der Waals surface area (Å²) in [4.78, 5) is 7.69. The third-order valence-corrected chi connectivity index (χ3v) is 2.74. The van der Waals surface area contributed by atoms with Crippen molar-refractivity contribution in [2.45, 2.75) is 6.92 Å². The van der Waals surface area contributed by atoms with Gasteiger partial charge in [0.15, 0.2) is 5.82 Å². The molecule has 17 heavy (non-hydrogen) atoms. The van der Waals surface area contributed by atoms with Crippen LogP contribution in [0.1, 0.15) is 6.92 Å². The summed E-state index contributed by atoms with van der Waals surface area (Å²) in [7, 11) is 0. The van der Waals surface area contributed by atoms with E-state index in [0.29, 0.717) is 17.9 Å². The minimum atomic E-state index is -0.486. The van der Waals surface area contributed by atoms with Gasteiger partial charge in [0.2, 0.25) is 0 Å². The highest BCUT2D eigenvalue weighted by Crippen LogP contribution is 2.31. The maximum absolute atomic E-state index is 13.9. The van der Waals surface area contributed by atoms with E-state index in [-0.39, 0.29) is 10.3 Å². The summed E-state index contributed by atoms with van der Waals surface area (Å²) in [6.45, 7) is 2.40. The summed E-state index contributed by atoms with van der Waals surface area (Å²) in [5, 5.41) is 0. The number of nitrogens with zero attached hydrogens (tertiary/aromatic N) is 2. The first-order valence-corrected chi connectivity index (χ1v) is 5.91. The lowest BCUT2D eigenvalue weighted by Gasteiger charge is -2.09. The van der Waals surface area contributed by atoms with E-state index in [1.54, 1.807) is 12.1 Å². The van der Waals surface area contributed by atoms with Gasteiger partial charge in [-0.15, -0.1) is 0 Å². The van der Waals surface area contributed by atoms with E-state index in [4.69, 9.17) is 4.74 Å². The van der Waals surface area contributed by atoms with Crippen LogP contribution in [0.4, 0.5) is 4.39 Å². The molecule has 0 N–H and O–H groups in total. The molecule has 0 radical (unpaired) electrons. The average molecular weight is 297 g/mol. The lowest BCUT2D eigenvalue weighted by atomic mass is 10.1. The summed E-state index contributed by atoms with van der Waals surface area (Å²) < 4.78 is 19.5. The molecule has 0 aliphatic heterocycles. The van der Waals surface area contributed by atoms with Crippen LogP contribution in [0.5, 0.6) is 5.75 Å². The van der Waals surface area contributed by atoms with Crippen LogP contribution in [0.3, 0.4) is 0 Å². The molecule has 2 aromatic rings. The van der Waals surface area contributed by atoms with E-state index >= 15 is 0 Å². The van der Waals surface area contributed by atoms with Crippen molar-refractivity contribution in [3.8, 4) is 17.0 Å². The Morgan fingerprint density at radius 1 is 1.29 bits per heavy atom. The Morgan fingerprint density at radius 2 is 2.06 bits per heavy atom. The number of hydrogen-bond donors (Lipinski definition) is 0. The Bertz CT molecular complexity index is 534. The molecule has 0 unspecified atom stereocenters. The van der Waals surface area contributed by atoms with Gasteiger partial charge in [-0.05, 0) is 35.0 Å². The van der Waals surface area contributed by atoms with E-state index in [1.165, 1.54) is 6.33 Å². The fourth-order valence-electron chi connectivity index (χ4n) is 1.48. The molecule has 0 saturated carbocycles. The Balaban J connectivity index is 2.56. The highest BCUT2D eigenvalue weighted by molar-refractivity contribution is 9.10. The molecule has 0 aliphatic carbocycles. The number of benzene rings is 1. The van der Waals surface area contributed by atoms with Crippen molar-refractivity contribution in [1.82, 2.24) is 9.97 Å². The summed E-state index contributed by atoms with van der Waals surface area (Å²) in [6, 6.07) is 7.20. The van der Waals surface area contributed by atoms with Crippen molar-refractivity contribution in [2.24, 2.45) is 0 Å². The highest BCUT2D eigenvalue weighted by atomic mass is 79.9. The Morgan fingerprint density at radius 3 is 2.82 bits per heavy atom. The molecule has 0 aliphatic rings. The van der Waals surface area contributed by atoms with Gasteiger partial charge in [-0.1, -0.05) is 12.1 Å². The first kappa shape index (κ1) is 12.0. The zero-order chi connectivity index (χ0) is 12.3. The number of halogens is 2. The van der Waals surface area contributed by atoms with Crippen LogP contribution in [-0.2, 0) is 0 Å². The normalized spacial score (nSPS) is 10.3. The van der Waals surface area contributed by atoms with Crippen molar-refractivity contribution < 1.29 is 9.13 Å². The van der Waals surface area contributed by atoms with Crippen molar-refractivity contribution >= 4 is 15.9 Å². The lowest BCUT2D eigenvalue weighted by Crippen LogP contribution is -1.98. The van der Waals surface area contributed by atoms with Crippen molar-refractivity contribution in [1.29, 1.82) is 0 Å². The van der Waals surface area contributed by atoms with Crippen molar-refractivity contribution in [2.75, 3.05) is 6.61 Å². The molecule has 2 rings (SSSR count). The fourth-order valence-corrected chi connectivity index (χ4v) is 1.76. The number of hydrogen-bond acceptors (Lipinski definition) is 3. The van der Waals surface area contributed by atoms with E-state index < -0.39 is 5.82 Å². The molecule has 3 nitrogen and oxygen atoms in total. The molecule has 0 bridgehead atoms. The van der Waals surface area contributed by atoms with E-state index in [1.807, 2.05) is 19.1 Å². The Kier molecular flexibility index (Phi) is 3.68. The maximum Gasteiger partial charge on any atom is 0.182 e. The number of ether oxygens (including phenoxy) is 1. The zero-order valence-corrected chi connectivity index (χ0v) is 10.7. The third-order valence-electron chi connectivity index (χ3n) is 2.19. The topological polar surface area (TPSA) is 35.0 Å². The quantitative estimate of drug-likeness (QED) is 0.814. The monoisotopic (exact) mass is 296 g/mol. The summed E-state index contributed by atoms with van der Waals surface area (Å²) >= 11 is 3.04. The van der Waals surface area contributed by atoms with Crippen LogP contribution in [0, 0.1) is 5.82 Å². The third kappa shape index (κ3) is 2.44.